The van der Waals surface area contributed by atoms with Crippen LogP contribution in [0.2, 0.25) is 0 Å². The largest absolute Gasteiger partial charge is 0.478 e. The molecule has 0 radical (unpaired) electrons. The first-order valence-corrected chi connectivity index (χ1v) is 9.38. The van der Waals surface area contributed by atoms with Gasteiger partial charge in [-0.15, -0.1) is 0 Å². The third-order valence-corrected chi connectivity index (χ3v) is 4.78. The van der Waals surface area contributed by atoms with Crippen LogP contribution in [-0.4, -0.2) is 27.0 Å². The van der Waals surface area contributed by atoms with E-state index in [0.717, 1.165) is 4.47 Å². The van der Waals surface area contributed by atoms with Gasteiger partial charge < -0.3 is 9.52 Å². The van der Waals surface area contributed by atoms with Crippen molar-refractivity contribution in [2.24, 2.45) is 5.10 Å². The number of furan rings is 1. The van der Waals surface area contributed by atoms with Gasteiger partial charge in [0.25, 0.3) is 5.56 Å². The molecule has 2 aromatic heterocycles. The molecule has 2 aromatic carbocycles. The number of halogens is 1. The van der Waals surface area contributed by atoms with Gasteiger partial charge >= 0.3 is 5.97 Å². The topological polar surface area (TPSA) is 97.7 Å². The summed E-state index contributed by atoms with van der Waals surface area (Å²) >= 11 is 3.36. The Hall–Kier alpha value is -3.52. The van der Waals surface area contributed by atoms with E-state index >= 15 is 0 Å². The van der Waals surface area contributed by atoms with Gasteiger partial charge in [-0.25, -0.2) is 9.78 Å². The minimum atomic E-state index is -1.01. The van der Waals surface area contributed by atoms with Gasteiger partial charge in [-0.05, 0) is 49.4 Å². The van der Waals surface area contributed by atoms with E-state index in [0.29, 0.717) is 33.8 Å². The molecule has 7 nitrogen and oxygen atoms in total. The summed E-state index contributed by atoms with van der Waals surface area (Å²) in [4.78, 5) is 28.3. The van der Waals surface area contributed by atoms with Crippen LogP contribution in [0, 0.1) is 6.92 Å². The maximum Gasteiger partial charge on any atom is 0.335 e. The van der Waals surface area contributed by atoms with Crippen LogP contribution in [0.4, 0.5) is 0 Å². The summed E-state index contributed by atoms with van der Waals surface area (Å²) in [6.45, 7) is 1.70. The Morgan fingerprint density at radius 3 is 2.83 bits per heavy atom. The number of carboxylic acid groups (broad SMARTS) is 1. The lowest BCUT2D eigenvalue weighted by Gasteiger charge is -2.05. The van der Waals surface area contributed by atoms with Crippen molar-refractivity contribution in [3.8, 4) is 11.3 Å². The molecule has 0 aliphatic rings. The minimum absolute atomic E-state index is 0.171. The standard InChI is InChI=1S/C21H14BrN3O4/c1-12-24-18-7-5-15(22)10-17(18)20(26)25(12)23-11-16-6-8-19(29-16)13-3-2-4-14(9-13)21(27)28/h2-11H,1H3,(H,27,28). The van der Waals surface area contributed by atoms with E-state index in [2.05, 4.69) is 26.0 Å². The van der Waals surface area contributed by atoms with Crippen LogP contribution in [0.15, 0.2) is 73.4 Å². The maximum absolute atomic E-state index is 12.8. The second-order valence-electron chi connectivity index (χ2n) is 6.27. The van der Waals surface area contributed by atoms with Gasteiger partial charge in [0.15, 0.2) is 0 Å². The van der Waals surface area contributed by atoms with Crippen molar-refractivity contribution in [1.82, 2.24) is 9.66 Å². The predicted octanol–water partition coefficient (Wildman–Crippen LogP) is 4.31. The van der Waals surface area contributed by atoms with Crippen molar-refractivity contribution in [3.63, 3.8) is 0 Å². The van der Waals surface area contributed by atoms with Crippen LogP contribution in [0.25, 0.3) is 22.2 Å². The van der Waals surface area contributed by atoms with E-state index < -0.39 is 5.97 Å². The monoisotopic (exact) mass is 451 g/mol. The Labute approximate surface area is 173 Å². The second kappa shape index (κ2) is 7.48. The molecule has 0 atom stereocenters. The van der Waals surface area contributed by atoms with Crippen LogP contribution in [0.3, 0.4) is 0 Å². The third-order valence-electron chi connectivity index (χ3n) is 4.29. The zero-order valence-corrected chi connectivity index (χ0v) is 16.8. The SMILES string of the molecule is Cc1nc2ccc(Br)cc2c(=O)n1N=Cc1ccc(-c2cccc(C(=O)O)c2)o1. The second-order valence-corrected chi connectivity index (χ2v) is 7.19. The first kappa shape index (κ1) is 18.8. The molecule has 0 unspecified atom stereocenters. The van der Waals surface area contributed by atoms with E-state index in [1.165, 1.54) is 23.0 Å². The molecule has 0 amide bonds. The summed E-state index contributed by atoms with van der Waals surface area (Å²) < 4.78 is 7.72. The van der Waals surface area contributed by atoms with Gasteiger partial charge in [0.2, 0.25) is 0 Å². The third kappa shape index (κ3) is 3.74. The summed E-state index contributed by atoms with van der Waals surface area (Å²) in [5.74, 6) is 0.355. The van der Waals surface area contributed by atoms with Gasteiger partial charge in [0, 0.05) is 10.0 Å². The van der Waals surface area contributed by atoms with Crippen molar-refractivity contribution in [2.45, 2.75) is 6.92 Å². The average Bonchev–Trinajstić information content (AvgIpc) is 3.18. The highest BCUT2D eigenvalue weighted by Crippen LogP contribution is 2.23. The molecule has 4 rings (SSSR count). The van der Waals surface area contributed by atoms with Gasteiger partial charge in [0.05, 0.1) is 22.7 Å². The highest BCUT2D eigenvalue weighted by molar-refractivity contribution is 9.10. The zero-order chi connectivity index (χ0) is 20.5. The number of aromatic nitrogens is 2. The molecule has 0 saturated carbocycles. The molecule has 0 fully saturated rings. The maximum atomic E-state index is 12.8. The number of fused-ring (bicyclic) bond motifs is 1. The van der Waals surface area contributed by atoms with Gasteiger partial charge in [-0.3, -0.25) is 4.79 Å². The first-order valence-electron chi connectivity index (χ1n) is 8.59. The number of aryl methyl sites for hydroxylation is 1. The molecule has 0 aliphatic heterocycles. The quantitative estimate of drug-likeness (QED) is 0.466. The number of rotatable bonds is 4. The minimum Gasteiger partial charge on any atom is -0.478 e. The van der Waals surface area contributed by atoms with E-state index in [-0.39, 0.29) is 11.1 Å². The summed E-state index contributed by atoms with van der Waals surface area (Å²) in [5.41, 5.74) is 1.12. The van der Waals surface area contributed by atoms with Crippen molar-refractivity contribution in [2.75, 3.05) is 0 Å². The average molecular weight is 452 g/mol. The highest BCUT2D eigenvalue weighted by atomic mass is 79.9. The molecule has 8 heteroatoms. The van der Waals surface area contributed by atoms with Crippen LogP contribution in [0.1, 0.15) is 21.9 Å². The number of nitrogens with zero attached hydrogens (tertiary/aromatic N) is 3. The molecule has 0 aliphatic carbocycles. The summed E-state index contributed by atoms with van der Waals surface area (Å²) in [6.07, 6.45) is 1.42. The Morgan fingerprint density at radius 1 is 1.21 bits per heavy atom. The molecule has 29 heavy (non-hydrogen) atoms. The van der Waals surface area contributed by atoms with Crippen LogP contribution in [0.5, 0.6) is 0 Å². The summed E-state index contributed by atoms with van der Waals surface area (Å²) in [5, 5.41) is 13.8. The summed E-state index contributed by atoms with van der Waals surface area (Å²) in [7, 11) is 0. The molecule has 0 spiro atoms. The van der Waals surface area contributed by atoms with Crippen molar-refractivity contribution >= 4 is 39.0 Å². The Morgan fingerprint density at radius 2 is 2.03 bits per heavy atom. The molecular formula is C21H14BrN3O4. The number of benzene rings is 2. The Balaban J connectivity index is 1.68. The molecule has 2 heterocycles. The van der Waals surface area contributed by atoms with E-state index in [1.54, 1.807) is 43.3 Å². The fourth-order valence-electron chi connectivity index (χ4n) is 2.89. The Bertz CT molecular complexity index is 1340. The molecule has 144 valence electrons. The molecule has 1 N–H and O–H groups in total. The number of carbonyl (C=O) groups is 1. The number of hydrogen-bond donors (Lipinski definition) is 1. The lowest BCUT2D eigenvalue weighted by molar-refractivity contribution is 0.0697. The number of carboxylic acids is 1. The van der Waals surface area contributed by atoms with E-state index in [9.17, 15) is 9.59 Å². The van der Waals surface area contributed by atoms with Gasteiger partial charge in [-0.2, -0.15) is 9.78 Å². The van der Waals surface area contributed by atoms with Crippen molar-refractivity contribution in [3.05, 3.63) is 86.6 Å². The molecule has 4 aromatic rings. The van der Waals surface area contributed by atoms with Gasteiger partial charge in [0.1, 0.15) is 17.3 Å². The van der Waals surface area contributed by atoms with E-state index in [4.69, 9.17) is 9.52 Å². The molecular weight excluding hydrogens is 438 g/mol. The lowest BCUT2D eigenvalue weighted by Crippen LogP contribution is -2.20. The van der Waals surface area contributed by atoms with Crippen molar-refractivity contribution < 1.29 is 14.3 Å². The first-order chi connectivity index (χ1) is 13.9. The summed E-state index contributed by atoms with van der Waals surface area (Å²) in [6, 6.07) is 15.2. The van der Waals surface area contributed by atoms with Gasteiger partial charge in [-0.1, -0.05) is 28.1 Å². The van der Waals surface area contributed by atoms with Crippen molar-refractivity contribution in [1.29, 1.82) is 0 Å². The molecule has 0 saturated heterocycles. The normalized spacial score (nSPS) is 11.4. The zero-order valence-electron chi connectivity index (χ0n) is 15.2. The van der Waals surface area contributed by atoms with Crippen LogP contribution in [-0.2, 0) is 0 Å². The molecule has 0 bridgehead atoms. The fourth-order valence-corrected chi connectivity index (χ4v) is 3.25. The highest BCUT2D eigenvalue weighted by Gasteiger charge is 2.10. The smallest absolute Gasteiger partial charge is 0.335 e. The lowest BCUT2D eigenvalue weighted by atomic mass is 10.1. The number of aromatic carboxylic acids is 1. The van der Waals surface area contributed by atoms with Crippen LogP contribution >= 0.6 is 15.9 Å². The number of hydrogen-bond acceptors (Lipinski definition) is 5. The van der Waals surface area contributed by atoms with E-state index in [1.807, 2.05) is 6.07 Å². The van der Waals surface area contributed by atoms with Crippen LogP contribution < -0.4 is 5.56 Å². The fraction of sp³-hybridized carbons (Fsp3) is 0.0476. The Kier molecular flexibility index (Phi) is 4.85. The predicted molar refractivity (Wildman–Crippen MR) is 113 cm³/mol.